The fraction of sp³-hybridized carbons (Fsp3) is 0.0833. The smallest absolute Gasteiger partial charge is 0.287 e. The summed E-state index contributed by atoms with van der Waals surface area (Å²) in [5.74, 6) is 0.690. The highest BCUT2D eigenvalue weighted by Gasteiger charge is 2.22. The number of rotatable bonds is 6. The number of hydrogen-bond donors (Lipinski definition) is 3. The zero-order valence-electron chi connectivity index (χ0n) is 16.1. The Bertz CT molecular complexity index is 1270. The molecule has 3 aromatic heterocycles. The van der Waals surface area contributed by atoms with Gasteiger partial charge in [0.2, 0.25) is 0 Å². The number of aromatic amines is 2. The zero-order chi connectivity index (χ0) is 20.3. The van der Waals surface area contributed by atoms with E-state index in [2.05, 4.69) is 26.3 Å². The van der Waals surface area contributed by atoms with Crippen LogP contribution in [-0.4, -0.2) is 20.9 Å². The van der Waals surface area contributed by atoms with Crippen molar-refractivity contribution >= 4 is 16.8 Å². The Morgan fingerprint density at radius 3 is 2.70 bits per heavy atom. The molecule has 1 atom stereocenters. The van der Waals surface area contributed by atoms with Gasteiger partial charge in [-0.05, 0) is 29.3 Å². The minimum atomic E-state index is -0.348. The number of nitrogens with one attached hydrogen (secondary N) is 3. The van der Waals surface area contributed by atoms with Gasteiger partial charge in [-0.3, -0.25) is 4.79 Å². The third-order valence-electron chi connectivity index (χ3n) is 5.16. The minimum absolute atomic E-state index is 0.272. The molecule has 3 heterocycles. The highest BCUT2D eigenvalue weighted by Crippen LogP contribution is 2.25. The maximum Gasteiger partial charge on any atom is 0.287 e. The summed E-state index contributed by atoms with van der Waals surface area (Å²) < 4.78 is 5.26. The van der Waals surface area contributed by atoms with Gasteiger partial charge < -0.3 is 19.7 Å². The first-order valence-corrected chi connectivity index (χ1v) is 9.77. The molecule has 2 aromatic carbocycles. The second kappa shape index (κ2) is 7.75. The van der Waals surface area contributed by atoms with Crippen LogP contribution < -0.4 is 5.32 Å². The summed E-state index contributed by atoms with van der Waals surface area (Å²) in [6.07, 6.45) is 5.85. The molecule has 0 aliphatic carbocycles. The highest BCUT2D eigenvalue weighted by atomic mass is 16.3. The van der Waals surface area contributed by atoms with Crippen LogP contribution in [-0.2, 0) is 6.42 Å². The van der Waals surface area contributed by atoms with Crippen molar-refractivity contribution in [2.24, 2.45) is 0 Å². The summed E-state index contributed by atoms with van der Waals surface area (Å²) >= 11 is 0. The van der Waals surface area contributed by atoms with Gasteiger partial charge in [0.05, 0.1) is 24.2 Å². The quantitative estimate of drug-likeness (QED) is 0.383. The van der Waals surface area contributed by atoms with Crippen LogP contribution in [0, 0.1) is 0 Å². The van der Waals surface area contributed by atoms with Gasteiger partial charge >= 0.3 is 0 Å². The summed E-state index contributed by atoms with van der Waals surface area (Å²) in [4.78, 5) is 23.9. The van der Waals surface area contributed by atoms with Crippen LogP contribution >= 0.6 is 0 Å². The first-order chi connectivity index (χ1) is 14.8. The van der Waals surface area contributed by atoms with E-state index in [1.165, 1.54) is 6.26 Å². The van der Waals surface area contributed by atoms with Crippen molar-refractivity contribution in [1.29, 1.82) is 0 Å². The summed E-state index contributed by atoms with van der Waals surface area (Å²) in [6, 6.07) is 21.1. The van der Waals surface area contributed by atoms with Gasteiger partial charge in [-0.1, -0.05) is 48.5 Å². The highest BCUT2D eigenvalue weighted by molar-refractivity contribution is 5.91. The Kier molecular flexibility index (Phi) is 4.65. The molecule has 5 aromatic rings. The lowest BCUT2D eigenvalue weighted by Gasteiger charge is -2.16. The molecule has 6 nitrogen and oxygen atoms in total. The number of aromatic nitrogens is 3. The molecule has 0 saturated carbocycles. The number of H-pyrrole nitrogens is 2. The number of benzene rings is 2. The van der Waals surface area contributed by atoms with Crippen LogP contribution in [0.15, 0.2) is 89.8 Å². The van der Waals surface area contributed by atoms with Crippen LogP contribution in [0.2, 0.25) is 0 Å². The summed E-state index contributed by atoms with van der Waals surface area (Å²) in [6.45, 7) is 0. The summed E-state index contributed by atoms with van der Waals surface area (Å²) in [5, 5.41) is 4.19. The molecule has 0 aliphatic heterocycles. The molecule has 0 spiro atoms. The maximum absolute atomic E-state index is 12.7. The zero-order valence-corrected chi connectivity index (χ0v) is 16.1. The predicted octanol–water partition coefficient (Wildman–Crippen LogP) is 4.86. The Hall–Kier alpha value is -4.06. The predicted molar refractivity (Wildman–Crippen MR) is 115 cm³/mol. The van der Waals surface area contributed by atoms with E-state index in [1.807, 2.05) is 54.7 Å². The van der Waals surface area contributed by atoms with E-state index in [4.69, 9.17) is 4.42 Å². The Labute approximate surface area is 173 Å². The molecule has 148 valence electrons. The van der Waals surface area contributed by atoms with Crippen LogP contribution in [0.25, 0.3) is 22.2 Å². The standard InChI is InChI=1S/C24H20N4O2/c29-24(22-11-6-12-30-22)28-20(13-17-14-25-19-10-5-4-9-18(17)19)23-26-15-21(27-23)16-7-2-1-3-8-16/h1-12,14-15,20,25H,13H2,(H,26,27)(H,28,29). The Morgan fingerprint density at radius 1 is 1.03 bits per heavy atom. The fourth-order valence-corrected chi connectivity index (χ4v) is 3.65. The molecule has 30 heavy (non-hydrogen) atoms. The number of carbonyl (C=O) groups is 1. The fourth-order valence-electron chi connectivity index (χ4n) is 3.65. The third-order valence-corrected chi connectivity index (χ3v) is 5.16. The van der Waals surface area contributed by atoms with Gasteiger partial charge in [0.1, 0.15) is 5.82 Å². The number of fused-ring (bicyclic) bond motifs is 1. The van der Waals surface area contributed by atoms with Crippen molar-refractivity contribution in [2.45, 2.75) is 12.5 Å². The van der Waals surface area contributed by atoms with Gasteiger partial charge in [-0.15, -0.1) is 0 Å². The van der Waals surface area contributed by atoms with Crippen molar-refractivity contribution in [3.05, 3.63) is 103 Å². The number of amides is 1. The molecule has 3 N–H and O–H groups in total. The van der Waals surface area contributed by atoms with E-state index in [9.17, 15) is 4.79 Å². The summed E-state index contributed by atoms with van der Waals surface area (Å²) in [5.41, 5.74) is 4.11. The van der Waals surface area contributed by atoms with Gasteiger partial charge in [0, 0.05) is 23.5 Å². The molecular formula is C24H20N4O2. The molecule has 0 aliphatic rings. The molecular weight excluding hydrogens is 376 g/mol. The Morgan fingerprint density at radius 2 is 1.87 bits per heavy atom. The van der Waals surface area contributed by atoms with Crippen molar-refractivity contribution in [3.63, 3.8) is 0 Å². The van der Waals surface area contributed by atoms with E-state index >= 15 is 0 Å². The molecule has 5 rings (SSSR count). The van der Waals surface area contributed by atoms with Crippen LogP contribution in [0.4, 0.5) is 0 Å². The van der Waals surface area contributed by atoms with Crippen molar-refractivity contribution in [1.82, 2.24) is 20.3 Å². The SMILES string of the molecule is O=C(NC(Cc1c[nH]c2ccccc12)c1ncc(-c2ccccc2)[nH]1)c1ccco1. The number of carbonyl (C=O) groups excluding carboxylic acids is 1. The molecule has 1 amide bonds. The molecule has 0 bridgehead atoms. The van der Waals surface area contributed by atoms with Crippen LogP contribution in [0.5, 0.6) is 0 Å². The molecule has 0 radical (unpaired) electrons. The van der Waals surface area contributed by atoms with Crippen molar-refractivity contribution in [2.75, 3.05) is 0 Å². The topological polar surface area (TPSA) is 86.7 Å². The molecule has 0 saturated heterocycles. The normalized spacial score (nSPS) is 12.1. The number of nitrogens with zero attached hydrogens (tertiary/aromatic N) is 1. The van der Waals surface area contributed by atoms with Gasteiger partial charge in [0.25, 0.3) is 5.91 Å². The number of hydrogen-bond acceptors (Lipinski definition) is 3. The number of imidazole rings is 1. The van der Waals surface area contributed by atoms with Crippen molar-refractivity contribution < 1.29 is 9.21 Å². The number of para-hydroxylation sites is 1. The minimum Gasteiger partial charge on any atom is -0.459 e. The van der Waals surface area contributed by atoms with E-state index in [-0.39, 0.29) is 17.7 Å². The van der Waals surface area contributed by atoms with Gasteiger partial charge in [-0.25, -0.2) is 4.98 Å². The molecule has 0 fully saturated rings. The average Bonchev–Trinajstić information content (AvgIpc) is 3.55. The van der Waals surface area contributed by atoms with Crippen LogP contribution in [0.1, 0.15) is 28.0 Å². The van der Waals surface area contributed by atoms with E-state index in [1.54, 1.807) is 18.3 Å². The van der Waals surface area contributed by atoms with Crippen molar-refractivity contribution in [3.8, 4) is 11.3 Å². The maximum atomic E-state index is 12.7. The first-order valence-electron chi connectivity index (χ1n) is 9.77. The van der Waals surface area contributed by atoms with E-state index in [0.717, 1.165) is 27.7 Å². The second-order valence-electron chi connectivity index (χ2n) is 7.12. The molecule has 1 unspecified atom stereocenters. The van der Waals surface area contributed by atoms with Crippen LogP contribution in [0.3, 0.4) is 0 Å². The van der Waals surface area contributed by atoms with E-state index < -0.39 is 0 Å². The lowest BCUT2D eigenvalue weighted by atomic mass is 10.0. The monoisotopic (exact) mass is 396 g/mol. The number of furan rings is 1. The van der Waals surface area contributed by atoms with Gasteiger partial charge in [-0.2, -0.15) is 0 Å². The lowest BCUT2D eigenvalue weighted by Crippen LogP contribution is -2.30. The molecule has 6 heteroatoms. The van der Waals surface area contributed by atoms with Gasteiger partial charge in [0.15, 0.2) is 5.76 Å². The third kappa shape index (κ3) is 3.51. The first kappa shape index (κ1) is 18.0. The largest absolute Gasteiger partial charge is 0.459 e. The second-order valence-corrected chi connectivity index (χ2v) is 7.12. The lowest BCUT2D eigenvalue weighted by molar-refractivity contribution is 0.0907. The Balaban J connectivity index is 1.48. The van der Waals surface area contributed by atoms with E-state index in [0.29, 0.717) is 12.2 Å². The average molecular weight is 396 g/mol. The summed E-state index contributed by atoms with van der Waals surface area (Å²) in [7, 11) is 0.